The molecule has 14 heteroatoms. The zero-order chi connectivity index (χ0) is 44.6. The Morgan fingerprint density at radius 1 is 0.734 bits per heavy atom. The van der Waals surface area contributed by atoms with Crippen molar-refractivity contribution in [3.05, 3.63) is 83.6 Å². The van der Waals surface area contributed by atoms with Gasteiger partial charge in [-0.2, -0.15) is 0 Å². The summed E-state index contributed by atoms with van der Waals surface area (Å²) in [5.41, 5.74) is 11.6. The number of nitrogens with one attached hydrogen (secondary N) is 4. The van der Waals surface area contributed by atoms with Gasteiger partial charge >= 0.3 is 12.2 Å². The number of aromatic nitrogens is 4. The van der Waals surface area contributed by atoms with Crippen molar-refractivity contribution in [1.82, 2.24) is 40.4 Å². The van der Waals surface area contributed by atoms with Crippen LogP contribution in [0.4, 0.5) is 9.59 Å². The number of imidazole rings is 2. The molecule has 0 spiro atoms. The van der Waals surface area contributed by atoms with Crippen molar-refractivity contribution in [2.24, 2.45) is 23.7 Å². The van der Waals surface area contributed by atoms with Gasteiger partial charge in [-0.15, -0.1) is 0 Å². The van der Waals surface area contributed by atoms with Crippen LogP contribution in [0.25, 0.3) is 44.5 Å². The maximum absolute atomic E-state index is 14.0. The molecule has 3 aliphatic carbocycles. The Kier molecular flexibility index (Phi) is 10.7. The third-order valence-electron chi connectivity index (χ3n) is 14.8. The van der Waals surface area contributed by atoms with Crippen molar-refractivity contribution >= 4 is 35.0 Å². The van der Waals surface area contributed by atoms with Gasteiger partial charge in [-0.05, 0) is 126 Å². The van der Waals surface area contributed by atoms with Gasteiger partial charge in [0.25, 0.3) is 0 Å². The summed E-state index contributed by atoms with van der Waals surface area (Å²) in [5, 5.41) is 5.50. The minimum atomic E-state index is -0.684. The molecule has 2 aromatic heterocycles. The van der Waals surface area contributed by atoms with Crippen molar-refractivity contribution in [2.75, 3.05) is 20.8 Å². The van der Waals surface area contributed by atoms with Crippen molar-refractivity contribution < 1.29 is 28.7 Å². The third-order valence-corrected chi connectivity index (χ3v) is 14.8. The number of amides is 4. The zero-order valence-corrected chi connectivity index (χ0v) is 37.4. The Bertz CT molecular complexity index is 2630. The molecule has 334 valence electrons. The van der Waals surface area contributed by atoms with Gasteiger partial charge in [0.15, 0.2) is 0 Å². The molecule has 2 aliphatic heterocycles. The summed E-state index contributed by atoms with van der Waals surface area (Å²) in [7, 11) is 2.62. The monoisotopic (exact) mass is 866 g/mol. The molecule has 2 saturated heterocycles. The van der Waals surface area contributed by atoms with E-state index >= 15 is 0 Å². The number of ether oxygens (including phenoxy) is 2. The van der Waals surface area contributed by atoms with Crippen LogP contribution in [0, 0.1) is 23.7 Å². The number of fused-ring (bicyclic) bond motifs is 5. The fraction of sp³-hybridized carbons (Fsp3) is 0.480. The molecule has 0 bridgehead atoms. The van der Waals surface area contributed by atoms with Gasteiger partial charge in [0, 0.05) is 12.6 Å². The summed E-state index contributed by atoms with van der Waals surface area (Å²) in [5.74, 6) is 2.80. The molecule has 2 saturated carbocycles. The molecule has 10 rings (SSSR count). The summed E-state index contributed by atoms with van der Waals surface area (Å²) < 4.78 is 9.65. The number of aromatic amines is 2. The van der Waals surface area contributed by atoms with E-state index in [1.165, 1.54) is 54.9 Å². The number of carbonyl (C=O) groups is 4. The lowest BCUT2D eigenvalue weighted by Crippen LogP contribution is -2.52. The fourth-order valence-electron chi connectivity index (χ4n) is 11.2. The average molecular weight is 867 g/mol. The number of nitrogens with zero attached hydrogens (tertiary/aromatic N) is 4. The smallest absolute Gasteiger partial charge is 0.407 e. The van der Waals surface area contributed by atoms with Gasteiger partial charge in [0.1, 0.15) is 23.7 Å². The Morgan fingerprint density at radius 2 is 1.42 bits per heavy atom. The first-order valence-corrected chi connectivity index (χ1v) is 23.1. The molecule has 64 heavy (non-hydrogen) atoms. The molecular formula is C50H58N8O6. The normalized spacial score (nSPS) is 23.9. The lowest BCUT2D eigenvalue weighted by Gasteiger charge is -2.31. The summed E-state index contributed by atoms with van der Waals surface area (Å²) in [6.45, 7) is 8.32. The van der Waals surface area contributed by atoms with Crippen LogP contribution >= 0.6 is 0 Å². The number of alkyl carbamates (subject to hydrolysis) is 2. The van der Waals surface area contributed by atoms with Crippen LogP contribution in [0.5, 0.6) is 0 Å². The van der Waals surface area contributed by atoms with Crippen molar-refractivity contribution in [2.45, 2.75) is 109 Å². The number of hydrogen-bond donors (Lipinski definition) is 4. The minimum Gasteiger partial charge on any atom is -0.453 e. The van der Waals surface area contributed by atoms with E-state index in [0.29, 0.717) is 24.3 Å². The summed E-state index contributed by atoms with van der Waals surface area (Å²) in [6.07, 6.45) is 7.64. The van der Waals surface area contributed by atoms with E-state index in [4.69, 9.17) is 19.4 Å². The van der Waals surface area contributed by atoms with E-state index in [9.17, 15) is 19.2 Å². The number of hydrogen-bond acceptors (Lipinski definition) is 8. The molecule has 3 aromatic carbocycles. The SMILES string of the molecule is COC(=O)NC(C(=O)N1CCCC1c1ncc(-c2ccc(-c3ccc(-c4ccc5nc(C6CC7CC7N6C(=O)C(NC(=O)OC)C(C)C)[nH]c5c4)c4c3C3CCC3C4)cc2)[nH]1)C(C)C. The second kappa shape index (κ2) is 16.4. The Morgan fingerprint density at radius 3 is 2.11 bits per heavy atom. The second-order valence-corrected chi connectivity index (χ2v) is 19.3. The molecule has 5 aliphatic rings. The molecule has 4 N–H and O–H groups in total. The van der Waals surface area contributed by atoms with E-state index in [2.05, 4.69) is 75.2 Å². The van der Waals surface area contributed by atoms with E-state index in [1.807, 2.05) is 43.7 Å². The average Bonchev–Trinajstić information content (AvgIpc) is 3.87. The predicted octanol–water partition coefficient (Wildman–Crippen LogP) is 8.42. The molecule has 14 nitrogen and oxygen atoms in total. The quantitative estimate of drug-likeness (QED) is 0.102. The molecule has 8 atom stereocenters. The largest absolute Gasteiger partial charge is 0.453 e. The lowest BCUT2D eigenvalue weighted by molar-refractivity contribution is -0.137. The van der Waals surface area contributed by atoms with Crippen LogP contribution < -0.4 is 10.6 Å². The summed E-state index contributed by atoms with van der Waals surface area (Å²) in [4.78, 5) is 72.7. The van der Waals surface area contributed by atoms with Crippen LogP contribution in [0.15, 0.2) is 60.8 Å². The highest BCUT2D eigenvalue weighted by Crippen LogP contribution is 2.57. The van der Waals surface area contributed by atoms with Crippen LogP contribution in [0.2, 0.25) is 0 Å². The van der Waals surface area contributed by atoms with Gasteiger partial charge in [-0.1, -0.05) is 70.2 Å². The molecule has 8 unspecified atom stereocenters. The maximum atomic E-state index is 14.0. The van der Waals surface area contributed by atoms with Gasteiger partial charge < -0.3 is 39.9 Å². The number of carbonyl (C=O) groups excluding carboxylic acids is 4. The van der Waals surface area contributed by atoms with Gasteiger partial charge in [0.05, 0.1) is 49.2 Å². The highest BCUT2D eigenvalue weighted by molar-refractivity contribution is 5.89. The molecule has 4 amide bonds. The highest BCUT2D eigenvalue weighted by Gasteiger charge is 2.56. The van der Waals surface area contributed by atoms with Crippen molar-refractivity contribution in [3.63, 3.8) is 0 Å². The maximum Gasteiger partial charge on any atom is 0.407 e. The first kappa shape index (κ1) is 41.8. The first-order valence-electron chi connectivity index (χ1n) is 23.1. The summed E-state index contributed by atoms with van der Waals surface area (Å²) in [6, 6.07) is 18.2. The van der Waals surface area contributed by atoms with Crippen LogP contribution in [-0.2, 0) is 25.5 Å². The van der Waals surface area contributed by atoms with E-state index in [-0.39, 0.29) is 41.8 Å². The Balaban J connectivity index is 0.888. The zero-order valence-electron chi connectivity index (χ0n) is 37.4. The van der Waals surface area contributed by atoms with Gasteiger partial charge in [-0.3, -0.25) is 9.59 Å². The predicted molar refractivity (Wildman–Crippen MR) is 242 cm³/mol. The third kappa shape index (κ3) is 7.28. The summed E-state index contributed by atoms with van der Waals surface area (Å²) >= 11 is 0. The number of H-pyrrole nitrogens is 2. The lowest BCUT2D eigenvalue weighted by atomic mass is 9.73. The second-order valence-electron chi connectivity index (χ2n) is 19.3. The number of methoxy groups -OCH3 is 2. The highest BCUT2D eigenvalue weighted by atomic mass is 16.5. The van der Waals surface area contributed by atoms with Crippen LogP contribution in [-0.4, -0.2) is 92.6 Å². The topological polar surface area (TPSA) is 175 Å². The van der Waals surface area contributed by atoms with Gasteiger partial charge in [-0.25, -0.2) is 19.6 Å². The molecule has 4 heterocycles. The standard InChI is InChI=1S/C50H58N8O6/c1-25(2)43(55-49(61)63-5)47(59)57-19-7-8-39(57)45-51-24-38(54-45)28-11-9-27(10-12-28)33-17-16-32(35-20-29-13-15-34(29)42(33)35)30-14-18-36-37(21-30)53-46(52-36)41-23-31-22-40(31)58(41)48(60)44(26(3)4)56-50(62)64-6/h9-12,14,16-18,21,24-26,29,31,34,39-41,43-44H,7-8,13,15,19-20,22-23H2,1-6H3,(H,51,54)(H,52,53)(H,55,61)(H,56,62). The van der Waals surface area contributed by atoms with E-state index in [1.54, 1.807) is 0 Å². The number of benzene rings is 3. The Hall–Kier alpha value is -6.18. The van der Waals surface area contributed by atoms with E-state index < -0.39 is 24.3 Å². The number of rotatable bonds is 11. The number of piperidine rings is 1. The molecular weight excluding hydrogens is 809 g/mol. The van der Waals surface area contributed by atoms with Crippen LogP contribution in [0.3, 0.4) is 0 Å². The molecule has 5 aromatic rings. The molecule has 0 radical (unpaired) electrons. The fourth-order valence-corrected chi connectivity index (χ4v) is 11.2. The first-order chi connectivity index (χ1) is 30.9. The van der Waals surface area contributed by atoms with Crippen LogP contribution in [0.1, 0.15) is 107 Å². The van der Waals surface area contributed by atoms with E-state index in [0.717, 1.165) is 71.6 Å². The Labute approximate surface area is 373 Å². The van der Waals surface area contributed by atoms with Crippen molar-refractivity contribution in [3.8, 4) is 33.5 Å². The van der Waals surface area contributed by atoms with Crippen molar-refractivity contribution in [1.29, 1.82) is 0 Å². The molecule has 4 fully saturated rings. The van der Waals surface area contributed by atoms with Gasteiger partial charge in [0.2, 0.25) is 11.8 Å². The minimum absolute atomic E-state index is 0.0826. The number of likely N-dealkylation sites (tertiary alicyclic amines) is 2.